The standard InChI is InChI=1S/C20H29N3O2/c1-15-3-5-16(6-4-15)14-23-8-7-18-17(23)13-19(25-18)20(24)22-11-9-21(2)10-12-22/h3-6,17-19H,7-14H2,1-2H3/t17-,18-,19+/m1/s1. The highest BCUT2D eigenvalue weighted by atomic mass is 16.5. The summed E-state index contributed by atoms with van der Waals surface area (Å²) in [5, 5.41) is 0. The summed E-state index contributed by atoms with van der Waals surface area (Å²) in [6.45, 7) is 7.73. The molecule has 0 radical (unpaired) electrons. The molecule has 0 N–H and O–H groups in total. The minimum Gasteiger partial charge on any atom is -0.363 e. The van der Waals surface area contributed by atoms with E-state index in [1.807, 2.05) is 4.90 Å². The SMILES string of the molecule is Cc1ccc(CN2CC[C@H]3O[C@H](C(=O)N4CCN(C)CC4)C[C@H]32)cc1. The molecule has 0 unspecified atom stereocenters. The summed E-state index contributed by atoms with van der Waals surface area (Å²) in [4.78, 5) is 19.6. The molecule has 4 rings (SSSR count). The van der Waals surface area contributed by atoms with Crippen LogP contribution in [0.25, 0.3) is 0 Å². The zero-order valence-electron chi connectivity index (χ0n) is 15.4. The maximum atomic E-state index is 12.8. The highest BCUT2D eigenvalue weighted by Gasteiger charge is 2.46. The lowest BCUT2D eigenvalue weighted by Gasteiger charge is -2.34. The van der Waals surface area contributed by atoms with Gasteiger partial charge in [0, 0.05) is 51.7 Å². The number of hydrogen-bond acceptors (Lipinski definition) is 4. The van der Waals surface area contributed by atoms with Crippen LogP contribution in [0.2, 0.25) is 0 Å². The number of piperazine rings is 1. The molecule has 1 aromatic carbocycles. The van der Waals surface area contributed by atoms with Crippen molar-refractivity contribution in [3.8, 4) is 0 Å². The van der Waals surface area contributed by atoms with E-state index >= 15 is 0 Å². The van der Waals surface area contributed by atoms with Gasteiger partial charge in [-0.25, -0.2) is 0 Å². The number of nitrogens with zero attached hydrogens (tertiary/aromatic N) is 3. The number of likely N-dealkylation sites (N-methyl/N-ethyl adjacent to an activating group) is 1. The lowest BCUT2D eigenvalue weighted by atomic mass is 10.1. The van der Waals surface area contributed by atoms with Crippen LogP contribution in [0.15, 0.2) is 24.3 Å². The van der Waals surface area contributed by atoms with Crippen LogP contribution in [0.1, 0.15) is 24.0 Å². The topological polar surface area (TPSA) is 36.0 Å². The third kappa shape index (κ3) is 3.59. The fourth-order valence-corrected chi connectivity index (χ4v) is 4.35. The van der Waals surface area contributed by atoms with E-state index in [1.165, 1.54) is 11.1 Å². The summed E-state index contributed by atoms with van der Waals surface area (Å²) < 4.78 is 6.17. The van der Waals surface area contributed by atoms with Crippen molar-refractivity contribution in [2.24, 2.45) is 0 Å². The van der Waals surface area contributed by atoms with Gasteiger partial charge in [0.05, 0.1) is 6.10 Å². The Morgan fingerprint density at radius 2 is 1.84 bits per heavy atom. The normalized spacial score (nSPS) is 30.6. The van der Waals surface area contributed by atoms with Gasteiger partial charge in [0.2, 0.25) is 0 Å². The lowest BCUT2D eigenvalue weighted by molar-refractivity contribution is -0.144. The molecule has 3 saturated heterocycles. The van der Waals surface area contributed by atoms with Crippen LogP contribution >= 0.6 is 0 Å². The summed E-state index contributed by atoms with van der Waals surface area (Å²) in [7, 11) is 2.11. The largest absolute Gasteiger partial charge is 0.363 e. The highest BCUT2D eigenvalue weighted by Crippen LogP contribution is 2.34. The zero-order chi connectivity index (χ0) is 17.4. The first-order valence-electron chi connectivity index (χ1n) is 9.52. The average molecular weight is 343 g/mol. The first-order valence-corrected chi connectivity index (χ1v) is 9.52. The number of rotatable bonds is 3. The van der Waals surface area contributed by atoms with Crippen LogP contribution in [0.4, 0.5) is 0 Å². The van der Waals surface area contributed by atoms with Crippen molar-refractivity contribution in [2.75, 3.05) is 39.8 Å². The van der Waals surface area contributed by atoms with Crippen molar-refractivity contribution in [2.45, 2.75) is 44.6 Å². The Hall–Kier alpha value is -1.43. The van der Waals surface area contributed by atoms with Crippen LogP contribution in [0.3, 0.4) is 0 Å². The van der Waals surface area contributed by atoms with E-state index in [1.54, 1.807) is 0 Å². The third-order valence-electron chi connectivity index (χ3n) is 5.99. The van der Waals surface area contributed by atoms with Crippen molar-refractivity contribution in [1.82, 2.24) is 14.7 Å². The molecule has 3 atom stereocenters. The van der Waals surface area contributed by atoms with Gasteiger partial charge in [0.25, 0.3) is 5.91 Å². The quantitative estimate of drug-likeness (QED) is 0.833. The Morgan fingerprint density at radius 3 is 2.56 bits per heavy atom. The van der Waals surface area contributed by atoms with E-state index in [0.29, 0.717) is 6.04 Å². The second kappa shape index (κ2) is 7.06. The molecule has 3 heterocycles. The van der Waals surface area contributed by atoms with Crippen molar-refractivity contribution >= 4 is 5.91 Å². The molecule has 0 saturated carbocycles. The van der Waals surface area contributed by atoms with Crippen molar-refractivity contribution in [3.63, 3.8) is 0 Å². The van der Waals surface area contributed by atoms with E-state index in [-0.39, 0.29) is 18.1 Å². The number of carbonyl (C=O) groups excluding carboxylic acids is 1. The highest BCUT2D eigenvalue weighted by molar-refractivity contribution is 5.81. The van der Waals surface area contributed by atoms with Crippen LogP contribution < -0.4 is 0 Å². The molecule has 1 amide bonds. The van der Waals surface area contributed by atoms with Crippen LogP contribution in [0.5, 0.6) is 0 Å². The number of benzene rings is 1. The van der Waals surface area contributed by atoms with Gasteiger partial charge in [-0.05, 0) is 26.0 Å². The van der Waals surface area contributed by atoms with Gasteiger partial charge >= 0.3 is 0 Å². The summed E-state index contributed by atoms with van der Waals surface area (Å²) in [6, 6.07) is 9.17. The fourth-order valence-electron chi connectivity index (χ4n) is 4.35. The molecule has 5 heteroatoms. The van der Waals surface area contributed by atoms with Gasteiger partial charge in [-0.3, -0.25) is 9.69 Å². The zero-order valence-corrected chi connectivity index (χ0v) is 15.4. The predicted octanol–water partition coefficient (Wildman–Crippen LogP) is 1.50. The molecule has 0 aromatic heterocycles. The molecule has 3 aliphatic rings. The Bertz CT molecular complexity index is 610. The minimum atomic E-state index is -0.237. The smallest absolute Gasteiger partial charge is 0.251 e. The molecule has 136 valence electrons. The Balaban J connectivity index is 1.36. The van der Waals surface area contributed by atoms with E-state index < -0.39 is 0 Å². The number of likely N-dealkylation sites (tertiary alicyclic amines) is 1. The molecule has 3 fully saturated rings. The van der Waals surface area contributed by atoms with E-state index in [9.17, 15) is 4.79 Å². The molecule has 0 aliphatic carbocycles. The summed E-state index contributed by atoms with van der Waals surface area (Å²) in [6.07, 6.45) is 1.89. The van der Waals surface area contributed by atoms with Crippen LogP contribution in [-0.4, -0.2) is 78.6 Å². The average Bonchev–Trinajstić information content (AvgIpc) is 3.19. The van der Waals surface area contributed by atoms with Crippen molar-refractivity contribution < 1.29 is 9.53 Å². The maximum Gasteiger partial charge on any atom is 0.251 e. The third-order valence-corrected chi connectivity index (χ3v) is 5.99. The van der Waals surface area contributed by atoms with Crippen molar-refractivity contribution in [1.29, 1.82) is 0 Å². The molecule has 0 spiro atoms. The molecule has 1 aromatic rings. The lowest BCUT2D eigenvalue weighted by Crippen LogP contribution is -2.50. The number of carbonyl (C=O) groups is 1. The summed E-state index contributed by atoms with van der Waals surface area (Å²) in [5.41, 5.74) is 2.64. The van der Waals surface area contributed by atoms with E-state index in [4.69, 9.17) is 4.74 Å². The second-order valence-electron chi connectivity index (χ2n) is 7.84. The first kappa shape index (κ1) is 17.0. The molecule has 5 nitrogen and oxygen atoms in total. The number of ether oxygens (including phenoxy) is 1. The number of fused-ring (bicyclic) bond motifs is 1. The second-order valence-corrected chi connectivity index (χ2v) is 7.84. The van der Waals surface area contributed by atoms with Gasteiger partial charge in [0.15, 0.2) is 0 Å². The number of hydrogen-bond donors (Lipinski definition) is 0. The maximum absolute atomic E-state index is 12.8. The number of amides is 1. The van der Waals surface area contributed by atoms with Crippen LogP contribution in [0, 0.1) is 6.92 Å². The fraction of sp³-hybridized carbons (Fsp3) is 0.650. The number of aryl methyl sites for hydroxylation is 1. The van der Waals surface area contributed by atoms with Gasteiger partial charge in [-0.1, -0.05) is 29.8 Å². The predicted molar refractivity (Wildman–Crippen MR) is 97.3 cm³/mol. The molecule has 3 aliphatic heterocycles. The molecule has 25 heavy (non-hydrogen) atoms. The Morgan fingerprint density at radius 1 is 1.12 bits per heavy atom. The Labute approximate surface area is 150 Å². The molecule has 0 bridgehead atoms. The van der Waals surface area contributed by atoms with E-state index in [2.05, 4.69) is 48.0 Å². The van der Waals surface area contributed by atoms with Crippen molar-refractivity contribution in [3.05, 3.63) is 35.4 Å². The Kier molecular flexibility index (Phi) is 4.80. The van der Waals surface area contributed by atoms with Gasteiger partial charge in [0.1, 0.15) is 6.10 Å². The summed E-state index contributed by atoms with van der Waals surface area (Å²) in [5.74, 6) is 0.206. The molecular formula is C20H29N3O2. The molecular weight excluding hydrogens is 314 g/mol. The van der Waals surface area contributed by atoms with Gasteiger partial charge in [-0.15, -0.1) is 0 Å². The van der Waals surface area contributed by atoms with Gasteiger partial charge < -0.3 is 14.5 Å². The summed E-state index contributed by atoms with van der Waals surface area (Å²) >= 11 is 0. The van der Waals surface area contributed by atoms with Gasteiger partial charge in [-0.2, -0.15) is 0 Å². The minimum absolute atomic E-state index is 0.206. The van der Waals surface area contributed by atoms with E-state index in [0.717, 1.165) is 52.1 Å². The van der Waals surface area contributed by atoms with Crippen LogP contribution in [-0.2, 0) is 16.1 Å². The monoisotopic (exact) mass is 343 g/mol. The first-order chi connectivity index (χ1) is 12.1.